The van der Waals surface area contributed by atoms with Crippen LogP contribution in [-0.2, 0) is 6.54 Å². The molecular formula is C17H23N3. The predicted octanol–water partition coefficient (Wildman–Crippen LogP) is 2.65. The number of hydrogen-bond donors (Lipinski definition) is 1. The Kier molecular flexibility index (Phi) is 3.99. The molecule has 2 N–H and O–H groups in total. The fourth-order valence-corrected chi connectivity index (χ4v) is 3.10. The van der Waals surface area contributed by atoms with Gasteiger partial charge in [0.15, 0.2) is 0 Å². The highest BCUT2D eigenvalue weighted by atomic mass is 15.1. The molecule has 2 heterocycles. The van der Waals surface area contributed by atoms with Gasteiger partial charge in [-0.15, -0.1) is 0 Å². The van der Waals surface area contributed by atoms with Crippen LogP contribution in [0.1, 0.15) is 19.0 Å². The summed E-state index contributed by atoms with van der Waals surface area (Å²) >= 11 is 0. The molecule has 0 bridgehead atoms. The van der Waals surface area contributed by atoms with E-state index in [1.165, 1.54) is 11.8 Å². The summed E-state index contributed by atoms with van der Waals surface area (Å²) in [6.07, 6.45) is 1.25. The average Bonchev–Trinajstić information content (AvgIpc) is 2.49. The standard InChI is InChI=1S/C17H23N3/c1-13-8-9-20(11-15(13)10-18)12-16-7-6-14-4-2-3-5-17(14)19-16/h2-7,13,15H,8-12,18H2,1H3. The zero-order chi connectivity index (χ0) is 13.9. The Bertz CT molecular complexity index is 581. The van der Waals surface area contributed by atoms with Crippen molar-refractivity contribution < 1.29 is 0 Å². The molecule has 2 atom stereocenters. The number of fused-ring (bicyclic) bond motifs is 1. The Morgan fingerprint density at radius 1 is 1.25 bits per heavy atom. The van der Waals surface area contributed by atoms with Crippen LogP contribution in [0.5, 0.6) is 0 Å². The molecule has 106 valence electrons. The molecule has 0 spiro atoms. The van der Waals surface area contributed by atoms with Gasteiger partial charge in [-0.05, 0) is 43.5 Å². The minimum Gasteiger partial charge on any atom is -0.330 e. The summed E-state index contributed by atoms with van der Waals surface area (Å²) in [5.41, 5.74) is 8.13. The lowest BCUT2D eigenvalue weighted by Crippen LogP contribution is -2.42. The Balaban J connectivity index is 1.73. The molecule has 1 fully saturated rings. The first-order chi connectivity index (χ1) is 9.76. The fourth-order valence-electron chi connectivity index (χ4n) is 3.10. The van der Waals surface area contributed by atoms with Crippen LogP contribution in [0.2, 0.25) is 0 Å². The van der Waals surface area contributed by atoms with E-state index in [1.54, 1.807) is 0 Å². The number of piperidine rings is 1. The molecule has 2 unspecified atom stereocenters. The molecule has 3 rings (SSSR count). The van der Waals surface area contributed by atoms with Gasteiger partial charge < -0.3 is 5.73 Å². The Labute approximate surface area is 120 Å². The second-order valence-corrected chi connectivity index (χ2v) is 5.99. The monoisotopic (exact) mass is 269 g/mol. The third kappa shape index (κ3) is 2.84. The maximum Gasteiger partial charge on any atom is 0.0705 e. The summed E-state index contributed by atoms with van der Waals surface area (Å²) < 4.78 is 0. The topological polar surface area (TPSA) is 42.2 Å². The maximum atomic E-state index is 5.88. The smallest absolute Gasteiger partial charge is 0.0705 e. The number of aromatic nitrogens is 1. The summed E-state index contributed by atoms with van der Waals surface area (Å²) in [4.78, 5) is 7.26. The minimum absolute atomic E-state index is 0.629. The van der Waals surface area contributed by atoms with E-state index in [1.807, 2.05) is 6.07 Å². The second-order valence-electron chi connectivity index (χ2n) is 5.99. The van der Waals surface area contributed by atoms with Crippen LogP contribution in [-0.4, -0.2) is 29.5 Å². The van der Waals surface area contributed by atoms with E-state index in [-0.39, 0.29) is 0 Å². The van der Waals surface area contributed by atoms with Gasteiger partial charge in [0.05, 0.1) is 11.2 Å². The van der Waals surface area contributed by atoms with Crippen LogP contribution in [0.3, 0.4) is 0 Å². The summed E-state index contributed by atoms with van der Waals surface area (Å²) in [6.45, 7) is 6.32. The van der Waals surface area contributed by atoms with Gasteiger partial charge in [0, 0.05) is 18.5 Å². The minimum atomic E-state index is 0.629. The normalized spacial score (nSPS) is 24.1. The van der Waals surface area contributed by atoms with E-state index < -0.39 is 0 Å². The highest BCUT2D eigenvalue weighted by molar-refractivity contribution is 5.78. The number of nitrogens with two attached hydrogens (primary N) is 1. The van der Waals surface area contributed by atoms with Crippen molar-refractivity contribution in [3.63, 3.8) is 0 Å². The number of benzene rings is 1. The van der Waals surface area contributed by atoms with E-state index in [0.29, 0.717) is 5.92 Å². The van der Waals surface area contributed by atoms with Crippen molar-refractivity contribution in [3.05, 3.63) is 42.1 Å². The first kappa shape index (κ1) is 13.5. The Morgan fingerprint density at radius 3 is 2.95 bits per heavy atom. The molecular weight excluding hydrogens is 246 g/mol. The lowest BCUT2D eigenvalue weighted by Gasteiger charge is -2.36. The highest BCUT2D eigenvalue weighted by Gasteiger charge is 2.25. The SMILES string of the molecule is CC1CCN(Cc2ccc3ccccc3n2)CC1CN. The molecule has 1 aliphatic rings. The zero-order valence-corrected chi connectivity index (χ0v) is 12.1. The number of para-hydroxylation sites is 1. The van der Waals surface area contributed by atoms with Crippen molar-refractivity contribution in [2.75, 3.05) is 19.6 Å². The van der Waals surface area contributed by atoms with E-state index in [9.17, 15) is 0 Å². The molecule has 0 aliphatic carbocycles. The van der Waals surface area contributed by atoms with Gasteiger partial charge in [-0.25, -0.2) is 0 Å². The second kappa shape index (κ2) is 5.90. The van der Waals surface area contributed by atoms with E-state index in [0.717, 1.165) is 43.3 Å². The molecule has 3 heteroatoms. The summed E-state index contributed by atoms with van der Waals surface area (Å²) in [5, 5.41) is 1.21. The van der Waals surface area contributed by atoms with Crippen molar-refractivity contribution in [1.29, 1.82) is 0 Å². The van der Waals surface area contributed by atoms with Crippen LogP contribution >= 0.6 is 0 Å². The van der Waals surface area contributed by atoms with Gasteiger partial charge in [-0.1, -0.05) is 31.2 Å². The molecule has 1 aliphatic heterocycles. The zero-order valence-electron chi connectivity index (χ0n) is 12.1. The summed E-state index contributed by atoms with van der Waals surface area (Å²) in [5.74, 6) is 1.38. The predicted molar refractivity (Wildman–Crippen MR) is 83.3 cm³/mol. The molecule has 0 radical (unpaired) electrons. The largest absolute Gasteiger partial charge is 0.330 e. The van der Waals surface area contributed by atoms with Crippen LogP contribution < -0.4 is 5.73 Å². The Morgan fingerprint density at radius 2 is 2.10 bits per heavy atom. The van der Waals surface area contributed by atoms with E-state index in [2.05, 4.69) is 42.2 Å². The first-order valence-corrected chi connectivity index (χ1v) is 7.53. The molecule has 1 saturated heterocycles. The van der Waals surface area contributed by atoms with Crippen LogP contribution in [0.15, 0.2) is 36.4 Å². The first-order valence-electron chi connectivity index (χ1n) is 7.53. The van der Waals surface area contributed by atoms with Gasteiger partial charge in [-0.2, -0.15) is 0 Å². The molecule has 0 amide bonds. The molecule has 20 heavy (non-hydrogen) atoms. The van der Waals surface area contributed by atoms with Crippen molar-refractivity contribution in [3.8, 4) is 0 Å². The van der Waals surface area contributed by atoms with Crippen LogP contribution in [0.4, 0.5) is 0 Å². The van der Waals surface area contributed by atoms with Crippen molar-refractivity contribution in [1.82, 2.24) is 9.88 Å². The van der Waals surface area contributed by atoms with Crippen molar-refractivity contribution >= 4 is 10.9 Å². The van der Waals surface area contributed by atoms with Gasteiger partial charge in [0.25, 0.3) is 0 Å². The van der Waals surface area contributed by atoms with Crippen molar-refractivity contribution in [2.45, 2.75) is 19.9 Å². The van der Waals surface area contributed by atoms with Gasteiger partial charge in [0.1, 0.15) is 0 Å². The van der Waals surface area contributed by atoms with E-state index in [4.69, 9.17) is 10.7 Å². The number of nitrogens with zero attached hydrogens (tertiary/aromatic N) is 2. The van der Waals surface area contributed by atoms with Crippen LogP contribution in [0, 0.1) is 11.8 Å². The molecule has 0 saturated carbocycles. The van der Waals surface area contributed by atoms with E-state index >= 15 is 0 Å². The molecule has 1 aromatic carbocycles. The maximum absolute atomic E-state index is 5.88. The Hall–Kier alpha value is -1.45. The summed E-state index contributed by atoms with van der Waals surface area (Å²) in [7, 11) is 0. The third-order valence-corrected chi connectivity index (χ3v) is 4.54. The lowest BCUT2D eigenvalue weighted by atomic mass is 9.87. The van der Waals surface area contributed by atoms with Crippen molar-refractivity contribution in [2.24, 2.45) is 17.6 Å². The highest BCUT2D eigenvalue weighted by Crippen LogP contribution is 2.23. The number of likely N-dealkylation sites (tertiary alicyclic amines) is 1. The van der Waals surface area contributed by atoms with Gasteiger partial charge in [-0.3, -0.25) is 9.88 Å². The van der Waals surface area contributed by atoms with Gasteiger partial charge in [0.2, 0.25) is 0 Å². The summed E-state index contributed by atoms with van der Waals surface area (Å²) in [6, 6.07) is 12.6. The molecule has 1 aromatic heterocycles. The fraction of sp³-hybridized carbons (Fsp3) is 0.471. The molecule has 2 aromatic rings. The third-order valence-electron chi connectivity index (χ3n) is 4.54. The number of hydrogen-bond acceptors (Lipinski definition) is 3. The average molecular weight is 269 g/mol. The lowest BCUT2D eigenvalue weighted by molar-refractivity contribution is 0.125. The van der Waals surface area contributed by atoms with Gasteiger partial charge >= 0.3 is 0 Å². The number of pyridine rings is 1. The number of rotatable bonds is 3. The quantitative estimate of drug-likeness (QED) is 0.931. The van der Waals surface area contributed by atoms with Crippen LogP contribution in [0.25, 0.3) is 10.9 Å². The molecule has 3 nitrogen and oxygen atoms in total.